The average molecular weight is 495 g/mol. The topological polar surface area (TPSA) is 93.7 Å². The third-order valence-corrected chi connectivity index (χ3v) is 4.94. The van der Waals surface area contributed by atoms with Crippen LogP contribution in [-0.4, -0.2) is 49.0 Å². The van der Waals surface area contributed by atoms with Gasteiger partial charge in [0.1, 0.15) is 12.4 Å². The van der Waals surface area contributed by atoms with Gasteiger partial charge >= 0.3 is 0 Å². The number of carbonyl (C=O) groups is 3. The van der Waals surface area contributed by atoms with E-state index >= 15 is 0 Å². The second-order valence-corrected chi connectivity index (χ2v) is 9.02. The monoisotopic (exact) mass is 494 g/mol. The Morgan fingerprint density at radius 2 is 1.64 bits per heavy atom. The molecule has 2 amide bonds. The molecule has 2 aromatic carbocycles. The van der Waals surface area contributed by atoms with E-state index < -0.39 is 0 Å². The van der Waals surface area contributed by atoms with E-state index in [1.807, 2.05) is 34.6 Å². The molecule has 0 radical (unpaired) electrons. The van der Waals surface area contributed by atoms with Gasteiger partial charge in [-0.15, -0.1) is 6.42 Å². The average Bonchev–Trinajstić information content (AvgIpc) is 2.83. The van der Waals surface area contributed by atoms with E-state index in [2.05, 4.69) is 16.6 Å². The molecule has 0 bridgehead atoms. The van der Waals surface area contributed by atoms with Crippen LogP contribution >= 0.6 is 0 Å². The molecule has 0 aliphatic rings. The van der Waals surface area contributed by atoms with Gasteiger partial charge in [0, 0.05) is 35.4 Å². The van der Waals surface area contributed by atoms with Crippen molar-refractivity contribution in [3.63, 3.8) is 0 Å². The molecule has 0 aromatic heterocycles. The summed E-state index contributed by atoms with van der Waals surface area (Å²) in [5, 5.41) is 5.70. The van der Waals surface area contributed by atoms with Crippen molar-refractivity contribution in [2.24, 2.45) is 0 Å². The summed E-state index contributed by atoms with van der Waals surface area (Å²) in [6.45, 7) is 12.7. The van der Waals surface area contributed by atoms with Crippen molar-refractivity contribution in [3.8, 4) is 18.1 Å². The lowest BCUT2D eigenvalue weighted by Crippen LogP contribution is -2.44. The summed E-state index contributed by atoms with van der Waals surface area (Å²) in [4.78, 5) is 34.6. The van der Waals surface area contributed by atoms with Crippen LogP contribution < -0.4 is 15.4 Å². The van der Waals surface area contributed by atoms with E-state index in [0.717, 1.165) is 6.42 Å². The molecule has 36 heavy (non-hydrogen) atoms. The quantitative estimate of drug-likeness (QED) is 0.350. The van der Waals surface area contributed by atoms with Gasteiger partial charge in [-0.25, -0.2) is 0 Å². The fraction of sp³-hybridized carbons (Fsp3) is 0.414. The number of ether oxygens (including phenoxy) is 2. The summed E-state index contributed by atoms with van der Waals surface area (Å²) in [5.41, 5.74) is 1.41. The van der Waals surface area contributed by atoms with Crippen LogP contribution in [0.3, 0.4) is 0 Å². The van der Waals surface area contributed by atoms with Crippen molar-refractivity contribution < 1.29 is 23.9 Å². The second-order valence-electron chi connectivity index (χ2n) is 9.02. The highest BCUT2D eigenvalue weighted by Gasteiger charge is 2.21. The molecule has 0 saturated heterocycles. The van der Waals surface area contributed by atoms with E-state index in [-0.39, 0.29) is 35.8 Å². The number of Topliss-reactive ketones (excluding diaryl/α,β-unsaturated/α-hetero) is 1. The first kappa shape index (κ1) is 30.4. The van der Waals surface area contributed by atoms with Crippen molar-refractivity contribution >= 4 is 17.6 Å². The number of amides is 2. The van der Waals surface area contributed by atoms with Gasteiger partial charge in [0.2, 0.25) is 0 Å². The van der Waals surface area contributed by atoms with E-state index in [0.29, 0.717) is 35.6 Å². The second kappa shape index (κ2) is 15.4. The zero-order valence-corrected chi connectivity index (χ0v) is 22.1. The molecule has 0 spiro atoms. The minimum Gasteiger partial charge on any atom is -0.481 e. The molecule has 0 saturated carbocycles. The predicted octanol–water partition coefficient (Wildman–Crippen LogP) is 4.66. The Morgan fingerprint density at radius 1 is 1.00 bits per heavy atom. The van der Waals surface area contributed by atoms with E-state index in [1.54, 1.807) is 48.5 Å². The Balaban J connectivity index is 0.000000397. The van der Waals surface area contributed by atoms with E-state index in [1.165, 1.54) is 6.92 Å². The zero-order valence-electron chi connectivity index (χ0n) is 22.1. The van der Waals surface area contributed by atoms with E-state index in [9.17, 15) is 14.4 Å². The van der Waals surface area contributed by atoms with Gasteiger partial charge in [-0.05, 0) is 78.3 Å². The molecule has 7 nitrogen and oxygen atoms in total. The summed E-state index contributed by atoms with van der Waals surface area (Å²) in [5.74, 6) is 2.75. The third kappa shape index (κ3) is 11.7. The van der Waals surface area contributed by atoms with Crippen LogP contribution in [0.15, 0.2) is 48.5 Å². The van der Waals surface area contributed by atoms with Crippen LogP contribution in [0.5, 0.6) is 5.75 Å². The maximum atomic E-state index is 12.3. The number of ketones is 1. The van der Waals surface area contributed by atoms with Gasteiger partial charge < -0.3 is 20.1 Å². The van der Waals surface area contributed by atoms with Crippen molar-refractivity contribution in [2.45, 2.75) is 59.6 Å². The van der Waals surface area contributed by atoms with Crippen molar-refractivity contribution in [1.29, 1.82) is 0 Å². The molecule has 194 valence electrons. The summed E-state index contributed by atoms with van der Waals surface area (Å²) in [7, 11) is 0. The molecule has 0 unspecified atom stereocenters. The highest BCUT2D eigenvalue weighted by Crippen LogP contribution is 2.16. The molecule has 2 aromatic rings. The standard InChI is InChI=1S/C18H25NO3.C11H13NO2/c1-6-11-22-16-9-7-8-15(13-16)17(20)19-18(4,5)10-12-21-14(2)3;1-3-12-11(14)10-6-4-9(5-7-10)8(2)13/h1,7-9,13-14H,10-12H2,2-5H3,(H,19,20);4-7H,3H2,1-2H3,(H,12,14). The molecular formula is C29H38N2O5. The Bertz CT molecular complexity index is 1040. The Hall–Kier alpha value is -3.63. The first-order valence-electron chi connectivity index (χ1n) is 12.0. The van der Waals surface area contributed by atoms with Gasteiger partial charge in [-0.2, -0.15) is 0 Å². The molecule has 0 atom stereocenters. The summed E-state index contributed by atoms with van der Waals surface area (Å²) >= 11 is 0. The van der Waals surface area contributed by atoms with Crippen molar-refractivity contribution in [3.05, 3.63) is 65.2 Å². The van der Waals surface area contributed by atoms with Crippen LogP contribution in [0.1, 0.15) is 79.0 Å². The fourth-order valence-corrected chi connectivity index (χ4v) is 2.96. The van der Waals surface area contributed by atoms with Gasteiger partial charge in [-0.1, -0.05) is 24.1 Å². The van der Waals surface area contributed by atoms with Gasteiger partial charge in [0.05, 0.1) is 6.10 Å². The van der Waals surface area contributed by atoms with Gasteiger partial charge in [0.25, 0.3) is 11.8 Å². The first-order chi connectivity index (χ1) is 17.0. The minimum atomic E-state index is -0.346. The number of hydrogen-bond donors (Lipinski definition) is 2. The lowest BCUT2D eigenvalue weighted by atomic mass is 10.0. The number of terminal acetylenes is 1. The first-order valence-corrected chi connectivity index (χ1v) is 12.0. The molecule has 2 N–H and O–H groups in total. The Labute approximate surface area is 215 Å². The van der Waals surface area contributed by atoms with Gasteiger partial charge in [0.15, 0.2) is 5.78 Å². The van der Waals surface area contributed by atoms with Gasteiger partial charge in [-0.3, -0.25) is 14.4 Å². The van der Waals surface area contributed by atoms with Crippen molar-refractivity contribution in [1.82, 2.24) is 10.6 Å². The SMILES string of the molecule is C#CCOc1cccc(C(=O)NC(C)(C)CCOC(C)C)c1.CCNC(=O)c1ccc(C(C)=O)cc1. The molecule has 7 heteroatoms. The number of benzene rings is 2. The smallest absolute Gasteiger partial charge is 0.251 e. The third-order valence-electron chi connectivity index (χ3n) is 4.94. The lowest BCUT2D eigenvalue weighted by molar-refractivity contribution is 0.0614. The minimum absolute atomic E-state index is 0.00690. The largest absolute Gasteiger partial charge is 0.481 e. The predicted molar refractivity (Wildman–Crippen MR) is 142 cm³/mol. The highest BCUT2D eigenvalue weighted by molar-refractivity contribution is 5.97. The van der Waals surface area contributed by atoms with Crippen molar-refractivity contribution in [2.75, 3.05) is 19.8 Å². The maximum Gasteiger partial charge on any atom is 0.251 e. The maximum absolute atomic E-state index is 12.3. The zero-order chi connectivity index (χ0) is 27.1. The van der Waals surface area contributed by atoms with E-state index in [4.69, 9.17) is 15.9 Å². The summed E-state index contributed by atoms with van der Waals surface area (Å²) in [6.07, 6.45) is 6.09. The Kier molecular flexibility index (Phi) is 13.0. The van der Waals surface area contributed by atoms with Crippen LogP contribution in [0.4, 0.5) is 0 Å². The summed E-state index contributed by atoms with van der Waals surface area (Å²) < 4.78 is 10.9. The fourth-order valence-electron chi connectivity index (χ4n) is 2.96. The number of rotatable bonds is 11. The highest BCUT2D eigenvalue weighted by atomic mass is 16.5. The molecule has 0 heterocycles. The normalized spacial score (nSPS) is 10.5. The van der Waals surface area contributed by atoms with Crippen LogP contribution in [0.25, 0.3) is 0 Å². The number of hydrogen-bond acceptors (Lipinski definition) is 5. The lowest BCUT2D eigenvalue weighted by Gasteiger charge is -2.26. The van der Waals surface area contributed by atoms with Crippen LogP contribution in [0.2, 0.25) is 0 Å². The van der Waals surface area contributed by atoms with Crippen LogP contribution in [-0.2, 0) is 4.74 Å². The molecule has 0 fully saturated rings. The van der Waals surface area contributed by atoms with Crippen LogP contribution in [0, 0.1) is 12.3 Å². The molecule has 0 aliphatic heterocycles. The molecule has 0 aliphatic carbocycles. The molecular weight excluding hydrogens is 456 g/mol. The summed E-state index contributed by atoms with van der Waals surface area (Å²) in [6, 6.07) is 13.6. The molecule has 2 rings (SSSR count). The Morgan fingerprint density at radius 3 is 2.19 bits per heavy atom. The number of carbonyl (C=O) groups excluding carboxylic acids is 3. The number of nitrogens with one attached hydrogen (secondary N) is 2.